The molecule has 1 atom stereocenters. The molecule has 22 heavy (non-hydrogen) atoms. The summed E-state index contributed by atoms with van der Waals surface area (Å²) >= 11 is 0. The summed E-state index contributed by atoms with van der Waals surface area (Å²) in [6.07, 6.45) is 1.54. The second-order valence-corrected chi connectivity index (χ2v) is 4.73. The molecule has 6 nitrogen and oxygen atoms in total. The average molecular weight is 299 g/mol. The van der Waals surface area contributed by atoms with Crippen LogP contribution in [-0.4, -0.2) is 22.8 Å². The molecular weight excluding hydrogens is 282 g/mol. The lowest BCUT2D eigenvalue weighted by Crippen LogP contribution is -2.42. The van der Waals surface area contributed by atoms with Crippen LogP contribution in [0.4, 0.5) is 0 Å². The number of primary amides is 1. The maximum absolute atomic E-state index is 12.2. The number of amides is 2. The van der Waals surface area contributed by atoms with Gasteiger partial charge >= 0.3 is 0 Å². The van der Waals surface area contributed by atoms with E-state index in [1.165, 1.54) is 13.1 Å². The Labute approximate surface area is 128 Å². The Kier molecular flexibility index (Phi) is 5.08. The van der Waals surface area contributed by atoms with Gasteiger partial charge in [0.25, 0.3) is 5.91 Å². The molecule has 2 amide bonds. The molecule has 0 fully saturated rings. The fraction of sp³-hybridized carbons (Fsp3) is 0.188. The van der Waals surface area contributed by atoms with Crippen molar-refractivity contribution in [2.24, 2.45) is 5.73 Å². The number of pyridine rings is 1. The molecule has 0 saturated heterocycles. The fourth-order valence-electron chi connectivity index (χ4n) is 1.75. The lowest BCUT2D eigenvalue weighted by Gasteiger charge is -2.13. The fourth-order valence-corrected chi connectivity index (χ4v) is 1.75. The highest BCUT2D eigenvalue weighted by Gasteiger charge is 2.18. The van der Waals surface area contributed by atoms with E-state index in [9.17, 15) is 9.59 Å². The zero-order chi connectivity index (χ0) is 15.9. The minimum absolute atomic E-state index is 0.209. The van der Waals surface area contributed by atoms with Crippen molar-refractivity contribution in [2.75, 3.05) is 0 Å². The van der Waals surface area contributed by atoms with E-state index in [0.29, 0.717) is 6.61 Å². The third-order valence-electron chi connectivity index (χ3n) is 3.01. The first kappa shape index (κ1) is 15.5. The molecule has 0 saturated carbocycles. The van der Waals surface area contributed by atoms with Gasteiger partial charge in [0.15, 0.2) is 0 Å². The molecule has 1 unspecified atom stereocenters. The van der Waals surface area contributed by atoms with Gasteiger partial charge in [0.05, 0.1) is 0 Å². The van der Waals surface area contributed by atoms with E-state index in [1.807, 2.05) is 30.3 Å². The molecule has 1 heterocycles. The lowest BCUT2D eigenvalue weighted by atomic mass is 10.2. The molecule has 0 bridgehead atoms. The predicted molar refractivity (Wildman–Crippen MR) is 81.1 cm³/mol. The Bertz CT molecular complexity index is 659. The van der Waals surface area contributed by atoms with Crippen molar-refractivity contribution in [3.8, 4) is 5.88 Å². The number of nitrogens with zero attached hydrogens (tertiary/aromatic N) is 1. The number of nitrogens with one attached hydrogen (secondary N) is 1. The van der Waals surface area contributed by atoms with E-state index in [2.05, 4.69) is 10.3 Å². The molecule has 3 N–H and O–H groups in total. The summed E-state index contributed by atoms with van der Waals surface area (Å²) in [5, 5.41) is 2.50. The highest BCUT2D eigenvalue weighted by atomic mass is 16.5. The number of benzene rings is 1. The molecule has 2 rings (SSSR count). The molecule has 1 aromatic carbocycles. The van der Waals surface area contributed by atoms with E-state index < -0.39 is 17.9 Å². The summed E-state index contributed by atoms with van der Waals surface area (Å²) in [6.45, 7) is 1.81. The lowest BCUT2D eigenvalue weighted by molar-refractivity contribution is -0.119. The summed E-state index contributed by atoms with van der Waals surface area (Å²) in [7, 11) is 0. The van der Waals surface area contributed by atoms with Gasteiger partial charge < -0.3 is 15.8 Å². The number of carbonyl (C=O) groups excluding carboxylic acids is 2. The number of aromatic nitrogens is 1. The number of hydrogen-bond acceptors (Lipinski definition) is 4. The summed E-state index contributed by atoms with van der Waals surface area (Å²) in [6, 6.07) is 12.0. The van der Waals surface area contributed by atoms with Gasteiger partial charge in [-0.2, -0.15) is 0 Å². The average Bonchev–Trinajstić information content (AvgIpc) is 2.54. The molecule has 114 valence electrons. The highest BCUT2D eigenvalue weighted by Crippen LogP contribution is 2.16. The maximum atomic E-state index is 12.2. The van der Waals surface area contributed by atoms with Crippen molar-refractivity contribution in [1.29, 1.82) is 0 Å². The van der Waals surface area contributed by atoms with E-state index in [0.717, 1.165) is 5.56 Å². The minimum Gasteiger partial charge on any atom is -0.472 e. The Morgan fingerprint density at radius 3 is 2.64 bits per heavy atom. The summed E-state index contributed by atoms with van der Waals surface area (Å²) in [5.74, 6) is -0.855. The Morgan fingerprint density at radius 2 is 1.95 bits per heavy atom. The van der Waals surface area contributed by atoms with E-state index in [-0.39, 0.29) is 11.4 Å². The second-order valence-electron chi connectivity index (χ2n) is 4.73. The summed E-state index contributed by atoms with van der Waals surface area (Å²) in [5.41, 5.74) is 6.35. The van der Waals surface area contributed by atoms with Crippen LogP contribution in [-0.2, 0) is 11.4 Å². The van der Waals surface area contributed by atoms with Crippen LogP contribution in [0.25, 0.3) is 0 Å². The molecular formula is C16H17N3O3. The monoisotopic (exact) mass is 299 g/mol. The molecule has 1 aromatic heterocycles. The number of nitrogens with two attached hydrogens (primary N) is 1. The van der Waals surface area contributed by atoms with Gasteiger partial charge in [-0.25, -0.2) is 4.98 Å². The third-order valence-corrected chi connectivity index (χ3v) is 3.01. The summed E-state index contributed by atoms with van der Waals surface area (Å²) in [4.78, 5) is 27.2. The van der Waals surface area contributed by atoms with E-state index in [1.54, 1.807) is 12.1 Å². The molecule has 0 radical (unpaired) electrons. The van der Waals surface area contributed by atoms with E-state index in [4.69, 9.17) is 10.5 Å². The Hall–Kier alpha value is -2.89. The zero-order valence-corrected chi connectivity index (χ0v) is 12.2. The molecule has 6 heteroatoms. The normalized spacial score (nSPS) is 11.5. The quantitative estimate of drug-likeness (QED) is 0.839. The van der Waals surface area contributed by atoms with Gasteiger partial charge in [0.1, 0.15) is 18.2 Å². The molecule has 2 aromatic rings. The molecule has 0 spiro atoms. The summed E-state index contributed by atoms with van der Waals surface area (Å²) < 4.78 is 5.60. The van der Waals surface area contributed by atoms with Crippen molar-refractivity contribution in [2.45, 2.75) is 19.6 Å². The van der Waals surface area contributed by atoms with Crippen LogP contribution in [0.15, 0.2) is 48.7 Å². The van der Waals surface area contributed by atoms with Gasteiger partial charge in [-0.05, 0) is 24.6 Å². The van der Waals surface area contributed by atoms with Crippen LogP contribution in [0.5, 0.6) is 5.88 Å². The van der Waals surface area contributed by atoms with Gasteiger partial charge in [-0.15, -0.1) is 0 Å². The van der Waals surface area contributed by atoms with Gasteiger partial charge in [-0.3, -0.25) is 9.59 Å². The number of carbonyl (C=O) groups is 2. The van der Waals surface area contributed by atoms with Crippen LogP contribution in [0.2, 0.25) is 0 Å². The Morgan fingerprint density at radius 1 is 1.23 bits per heavy atom. The van der Waals surface area contributed by atoms with Crippen molar-refractivity contribution >= 4 is 11.8 Å². The first-order valence-corrected chi connectivity index (χ1v) is 6.80. The first-order valence-electron chi connectivity index (χ1n) is 6.80. The Balaban J connectivity index is 2.09. The molecule has 0 aliphatic carbocycles. The predicted octanol–water partition coefficient (Wildman–Crippen LogP) is 1.26. The second kappa shape index (κ2) is 7.21. The highest BCUT2D eigenvalue weighted by molar-refractivity contribution is 5.98. The third kappa shape index (κ3) is 4.05. The topological polar surface area (TPSA) is 94.3 Å². The number of ether oxygens (including phenoxy) is 1. The van der Waals surface area contributed by atoms with Gasteiger partial charge in [0.2, 0.25) is 11.8 Å². The SMILES string of the molecule is CC(NC(=O)c1cccnc1OCc1ccccc1)C(N)=O. The minimum atomic E-state index is -0.769. The number of rotatable bonds is 6. The van der Waals surface area contributed by atoms with Gasteiger partial charge in [-0.1, -0.05) is 30.3 Å². The van der Waals surface area contributed by atoms with Crippen LogP contribution in [0.3, 0.4) is 0 Å². The largest absolute Gasteiger partial charge is 0.472 e. The van der Waals surface area contributed by atoms with E-state index >= 15 is 0 Å². The van der Waals surface area contributed by atoms with Crippen molar-refractivity contribution in [3.05, 3.63) is 59.8 Å². The van der Waals surface area contributed by atoms with Crippen LogP contribution in [0.1, 0.15) is 22.8 Å². The smallest absolute Gasteiger partial charge is 0.257 e. The van der Waals surface area contributed by atoms with Crippen molar-refractivity contribution in [3.63, 3.8) is 0 Å². The standard InChI is InChI=1S/C16H17N3O3/c1-11(14(17)20)19-15(21)13-8-5-9-18-16(13)22-10-12-6-3-2-4-7-12/h2-9,11H,10H2,1H3,(H2,17,20)(H,19,21). The maximum Gasteiger partial charge on any atom is 0.257 e. The zero-order valence-electron chi connectivity index (χ0n) is 12.2. The van der Waals surface area contributed by atoms with Crippen LogP contribution < -0.4 is 15.8 Å². The molecule has 0 aliphatic rings. The first-order chi connectivity index (χ1) is 10.6. The van der Waals surface area contributed by atoms with Crippen molar-refractivity contribution in [1.82, 2.24) is 10.3 Å². The molecule has 0 aliphatic heterocycles. The van der Waals surface area contributed by atoms with Crippen LogP contribution in [0, 0.1) is 0 Å². The number of hydrogen-bond donors (Lipinski definition) is 2. The van der Waals surface area contributed by atoms with Gasteiger partial charge in [0, 0.05) is 6.20 Å². The van der Waals surface area contributed by atoms with Crippen LogP contribution >= 0.6 is 0 Å². The van der Waals surface area contributed by atoms with Crippen molar-refractivity contribution < 1.29 is 14.3 Å².